The lowest BCUT2D eigenvalue weighted by Gasteiger charge is -2.29. The average molecular weight is 449 g/mol. The Bertz CT molecular complexity index is 834. The normalized spacial score (nSPS) is 22.4. The molecule has 0 heterocycles. The number of hydrogen-bond acceptors (Lipinski definition) is 4. The Balaban J connectivity index is 1.75. The highest BCUT2D eigenvalue weighted by Gasteiger charge is 2.32. The fourth-order valence-corrected chi connectivity index (χ4v) is 7.02. The summed E-state index contributed by atoms with van der Waals surface area (Å²) < 4.78 is 41.3. The van der Waals surface area contributed by atoms with Gasteiger partial charge in [-0.15, -0.1) is 0 Å². The molecule has 0 aliphatic heterocycles. The van der Waals surface area contributed by atoms with Gasteiger partial charge in [0.15, 0.2) is 0 Å². The molecular formula is C25H36O5S. The molecule has 1 aromatic rings. The minimum absolute atomic E-state index is 0.0636. The van der Waals surface area contributed by atoms with E-state index in [9.17, 15) is 17.8 Å². The zero-order chi connectivity index (χ0) is 21.8. The summed E-state index contributed by atoms with van der Waals surface area (Å²) in [6.45, 7) is 0. The van der Waals surface area contributed by atoms with E-state index in [1.165, 1.54) is 6.42 Å². The predicted octanol–water partition coefficient (Wildman–Crippen LogP) is 6.51. The lowest BCUT2D eigenvalue weighted by Crippen LogP contribution is -2.23. The molecule has 1 aromatic carbocycles. The Morgan fingerprint density at radius 1 is 0.742 bits per heavy atom. The fraction of sp³-hybridized carbons (Fsp3) is 0.720. The smallest absolute Gasteiger partial charge is 0.314 e. The van der Waals surface area contributed by atoms with Crippen LogP contribution in [-0.4, -0.2) is 18.9 Å². The van der Waals surface area contributed by atoms with Crippen LogP contribution >= 0.6 is 0 Å². The Hall–Kier alpha value is -1.40. The van der Waals surface area contributed by atoms with E-state index in [0.717, 1.165) is 89.9 Å². The molecule has 3 saturated carbocycles. The first-order chi connectivity index (χ1) is 14.9. The zero-order valence-electron chi connectivity index (χ0n) is 18.5. The van der Waals surface area contributed by atoms with Crippen molar-refractivity contribution in [1.29, 1.82) is 0 Å². The van der Waals surface area contributed by atoms with E-state index < -0.39 is 10.1 Å². The largest absolute Gasteiger partial charge is 0.426 e. The number of carbonyl (C=O) groups excluding carboxylic acids is 1. The Morgan fingerprint density at radius 2 is 1.16 bits per heavy atom. The first-order valence-electron chi connectivity index (χ1n) is 12.3. The molecule has 3 aliphatic rings. The molecule has 31 heavy (non-hydrogen) atoms. The van der Waals surface area contributed by atoms with Crippen LogP contribution in [0.15, 0.2) is 17.0 Å². The highest BCUT2D eigenvalue weighted by molar-refractivity contribution is 7.86. The highest BCUT2D eigenvalue weighted by Crippen LogP contribution is 2.44. The second-order valence-corrected chi connectivity index (χ2v) is 11.2. The summed E-state index contributed by atoms with van der Waals surface area (Å²) in [5, 5.41) is 0. The number of hydrogen-bond donors (Lipinski definition) is 1. The molecule has 0 bridgehead atoms. The van der Waals surface area contributed by atoms with Gasteiger partial charge in [-0.25, -0.2) is 0 Å². The summed E-state index contributed by atoms with van der Waals surface area (Å²) in [6, 6.07) is 3.48. The van der Waals surface area contributed by atoms with Gasteiger partial charge >= 0.3 is 5.97 Å². The van der Waals surface area contributed by atoms with Crippen LogP contribution in [0.1, 0.15) is 119 Å². The van der Waals surface area contributed by atoms with Crippen molar-refractivity contribution in [1.82, 2.24) is 0 Å². The number of rotatable bonds is 5. The molecule has 3 fully saturated rings. The van der Waals surface area contributed by atoms with Crippen LogP contribution in [-0.2, 0) is 14.9 Å². The molecule has 4 rings (SSSR count). The van der Waals surface area contributed by atoms with Crippen molar-refractivity contribution in [2.75, 3.05) is 0 Å². The minimum Gasteiger partial charge on any atom is -0.426 e. The van der Waals surface area contributed by atoms with E-state index in [0.29, 0.717) is 16.9 Å². The minimum atomic E-state index is -4.37. The molecule has 1 N–H and O–H groups in total. The molecule has 0 aromatic heterocycles. The lowest BCUT2D eigenvalue weighted by atomic mass is 9.79. The summed E-state index contributed by atoms with van der Waals surface area (Å²) in [5.74, 6) is 0.376. The molecule has 0 unspecified atom stereocenters. The van der Waals surface area contributed by atoms with Gasteiger partial charge in [0.1, 0.15) is 10.6 Å². The van der Waals surface area contributed by atoms with E-state index in [1.54, 1.807) is 12.1 Å². The van der Waals surface area contributed by atoms with E-state index in [4.69, 9.17) is 4.74 Å². The second-order valence-electron chi connectivity index (χ2n) is 9.83. The van der Waals surface area contributed by atoms with Gasteiger partial charge in [0.2, 0.25) is 0 Å². The van der Waals surface area contributed by atoms with Gasteiger partial charge in [0, 0.05) is 0 Å². The standard InChI is InChI=1S/C25H36O5S/c26-25(20-14-8-3-9-15-20)30-21-16-22(18-10-4-1-5-11-18)24(31(27,28)29)23(17-21)19-12-6-2-7-13-19/h16-20H,1-15H2,(H,27,28,29). The summed E-state index contributed by atoms with van der Waals surface area (Å²) in [6.07, 6.45) is 15.2. The van der Waals surface area contributed by atoms with Crippen LogP contribution < -0.4 is 4.74 Å². The second kappa shape index (κ2) is 10.0. The Kier molecular flexibility index (Phi) is 7.37. The van der Waals surface area contributed by atoms with Gasteiger partial charge in [-0.3, -0.25) is 9.35 Å². The van der Waals surface area contributed by atoms with Gasteiger partial charge in [-0.2, -0.15) is 8.42 Å². The molecule has 6 heteroatoms. The lowest BCUT2D eigenvalue weighted by molar-refractivity contribution is -0.140. The summed E-state index contributed by atoms with van der Waals surface area (Å²) in [5.41, 5.74) is 1.33. The molecule has 3 aliphatic carbocycles. The van der Waals surface area contributed by atoms with Crippen LogP contribution in [0.4, 0.5) is 0 Å². The van der Waals surface area contributed by atoms with Crippen LogP contribution in [0.25, 0.3) is 0 Å². The van der Waals surface area contributed by atoms with Gasteiger partial charge < -0.3 is 4.74 Å². The van der Waals surface area contributed by atoms with Gasteiger partial charge in [0.25, 0.3) is 10.1 Å². The van der Waals surface area contributed by atoms with Crippen molar-refractivity contribution in [2.24, 2.45) is 5.92 Å². The average Bonchev–Trinajstić information content (AvgIpc) is 2.79. The van der Waals surface area contributed by atoms with Crippen molar-refractivity contribution in [3.63, 3.8) is 0 Å². The maximum absolute atomic E-state index is 12.8. The van der Waals surface area contributed by atoms with Crippen molar-refractivity contribution in [3.8, 4) is 5.75 Å². The molecule has 0 amide bonds. The number of esters is 1. The first kappa shape index (κ1) is 22.8. The van der Waals surface area contributed by atoms with Crippen LogP contribution in [0.3, 0.4) is 0 Å². The molecule has 0 atom stereocenters. The molecule has 0 spiro atoms. The summed E-state index contributed by atoms with van der Waals surface area (Å²) in [4.78, 5) is 12.9. The third-order valence-corrected chi connectivity index (χ3v) is 8.61. The van der Waals surface area contributed by atoms with E-state index in [2.05, 4.69) is 0 Å². The van der Waals surface area contributed by atoms with Gasteiger partial charge in [0.05, 0.1) is 5.92 Å². The van der Waals surface area contributed by atoms with Crippen molar-refractivity contribution < 1.29 is 22.5 Å². The number of benzene rings is 1. The maximum atomic E-state index is 12.8. The third kappa shape index (κ3) is 5.51. The van der Waals surface area contributed by atoms with Crippen LogP contribution in [0, 0.1) is 5.92 Å². The monoisotopic (exact) mass is 448 g/mol. The van der Waals surface area contributed by atoms with E-state index >= 15 is 0 Å². The zero-order valence-corrected chi connectivity index (χ0v) is 19.3. The highest BCUT2D eigenvalue weighted by atomic mass is 32.2. The van der Waals surface area contributed by atoms with Crippen LogP contribution in [0.5, 0.6) is 5.75 Å². The summed E-state index contributed by atoms with van der Waals surface area (Å²) >= 11 is 0. The third-order valence-electron chi connectivity index (χ3n) is 7.62. The Labute approximate surface area is 186 Å². The molecule has 5 nitrogen and oxygen atoms in total. The molecular weight excluding hydrogens is 412 g/mol. The summed E-state index contributed by atoms with van der Waals surface area (Å²) in [7, 11) is -4.37. The quantitative estimate of drug-likeness (QED) is 0.315. The maximum Gasteiger partial charge on any atom is 0.314 e. The van der Waals surface area contributed by atoms with Crippen molar-refractivity contribution in [3.05, 3.63) is 23.3 Å². The Morgan fingerprint density at radius 3 is 1.58 bits per heavy atom. The topological polar surface area (TPSA) is 80.7 Å². The molecule has 172 valence electrons. The molecule has 0 saturated heterocycles. The molecule has 0 radical (unpaired) electrons. The van der Waals surface area contributed by atoms with Gasteiger partial charge in [-0.1, -0.05) is 57.8 Å². The first-order valence-corrected chi connectivity index (χ1v) is 13.7. The van der Waals surface area contributed by atoms with Crippen molar-refractivity contribution >= 4 is 16.1 Å². The fourth-order valence-electron chi connectivity index (χ4n) is 5.97. The number of ether oxygens (including phenoxy) is 1. The van der Waals surface area contributed by atoms with Crippen molar-refractivity contribution in [2.45, 2.75) is 113 Å². The predicted molar refractivity (Wildman–Crippen MR) is 120 cm³/mol. The van der Waals surface area contributed by atoms with Gasteiger partial charge in [-0.05, 0) is 73.6 Å². The van der Waals surface area contributed by atoms with E-state index in [-0.39, 0.29) is 28.6 Å². The van der Waals surface area contributed by atoms with E-state index in [1.807, 2.05) is 0 Å². The van der Waals surface area contributed by atoms with Crippen LogP contribution in [0.2, 0.25) is 0 Å². The SMILES string of the molecule is O=C(Oc1cc(C2CCCCC2)c(S(=O)(=O)O)c(C2CCCCC2)c1)C1CCCCC1. The number of carbonyl (C=O) groups is 1.